The third-order valence-corrected chi connectivity index (χ3v) is 15.3. The lowest BCUT2D eigenvalue weighted by Crippen LogP contribution is -2.40. The van der Waals surface area contributed by atoms with E-state index in [0.717, 1.165) is 147 Å². The van der Waals surface area contributed by atoms with Crippen molar-refractivity contribution in [3.8, 4) is 52.5 Å². The summed E-state index contributed by atoms with van der Waals surface area (Å²) in [4.78, 5) is 47.4. The lowest BCUT2D eigenvalue weighted by atomic mass is 10.0. The van der Waals surface area contributed by atoms with E-state index in [0.29, 0.717) is 74.9 Å². The highest BCUT2D eigenvalue weighted by Gasteiger charge is 2.30. The van der Waals surface area contributed by atoms with Crippen molar-refractivity contribution in [2.45, 2.75) is 137 Å². The first kappa shape index (κ1) is 57.0. The fourth-order valence-electron chi connectivity index (χ4n) is 11.0. The molecule has 6 aliphatic heterocycles. The Labute approximate surface area is 475 Å². The van der Waals surface area contributed by atoms with Crippen LogP contribution in [-0.2, 0) is 0 Å². The van der Waals surface area contributed by atoms with Gasteiger partial charge in [-0.05, 0) is 137 Å². The van der Waals surface area contributed by atoms with Crippen LogP contribution in [0.15, 0.2) is 54.6 Å². The Morgan fingerprint density at radius 1 is 0.358 bits per heavy atom. The average Bonchev–Trinajstić information content (AvgIpc) is 3.48. The van der Waals surface area contributed by atoms with Gasteiger partial charge in [0.2, 0.25) is 17.6 Å². The van der Waals surface area contributed by atoms with Gasteiger partial charge in [-0.1, -0.05) is 0 Å². The largest absolute Gasteiger partial charge is 0.484 e. The van der Waals surface area contributed by atoms with E-state index in [4.69, 9.17) is 42.6 Å². The Morgan fingerprint density at radius 3 is 0.877 bits per heavy atom. The highest BCUT2D eigenvalue weighted by Crippen LogP contribution is 2.35. The van der Waals surface area contributed by atoms with Crippen LogP contribution in [0, 0.1) is 41.5 Å². The number of hydrogen-bond donors (Lipinski definition) is 0. The van der Waals surface area contributed by atoms with E-state index in [1.807, 2.05) is 96.1 Å². The second-order valence-electron chi connectivity index (χ2n) is 21.5. The zero-order valence-electron chi connectivity index (χ0n) is 48.4. The van der Waals surface area contributed by atoms with Gasteiger partial charge in [0.05, 0.1) is 17.1 Å². The molecule has 6 aliphatic rings. The molecule has 0 spiro atoms. The fourth-order valence-corrected chi connectivity index (χ4v) is 11.0. The summed E-state index contributed by atoms with van der Waals surface area (Å²) in [6, 6.07) is 18.4. The molecule has 6 aromatic heterocycles. The Balaban J connectivity index is 0.000000136. The summed E-state index contributed by atoms with van der Waals surface area (Å²) in [7, 11) is 0. The average molecular weight is 1110 g/mol. The molecule has 81 heavy (non-hydrogen) atoms. The van der Waals surface area contributed by atoms with Crippen LogP contribution in [0.4, 0.5) is 0 Å². The van der Waals surface area contributed by atoms with Crippen molar-refractivity contribution in [3.63, 3.8) is 0 Å². The van der Waals surface area contributed by atoms with Crippen LogP contribution in [0.25, 0.3) is 0 Å². The van der Waals surface area contributed by atoms with Crippen molar-refractivity contribution in [1.29, 1.82) is 0 Å². The third kappa shape index (κ3) is 15.2. The SMILES string of the molecule is Cc1cc(OC2CCN(C(C)c3ccc4c(n3)OCCO4)CC2)nc(C)n1.Cc1cc(OC2CCN(C(C)c3ccc4c(n3)OCCO4)CC2)nc(C)n1.Cc1cc(OC2CCN(C(C)c3ccc4c(n3)OCCO4)CC2)nc(C)n1. The molecule has 21 nitrogen and oxygen atoms in total. The van der Waals surface area contributed by atoms with E-state index in [-0.39, 0.29) is 36.4 Å². The molecule has 0 aromatic carbocycles. The van der Waals surface area contributed by atoms with Gasteiger partial charge < -0.3 is 42.6 Å². The monoisotopic (exact) mass is 1110 g/mol. The van der Waals surface area contributed by atoms with Crippen LogP contribution >= 0.6 is 0 Å². The maximum atomic E-state index is 6.10. The van der Waals surface area contributed by atoms with Gasteiger partial charge in [-0.2, -0.15) is 15.0 Å². The number of hydrogen-bond acceptors (Lipinski definition) is 21. The van der Waals surface area contributed by atoms with Crippen molar-refractivity contribution in [1.82, 2.24) is 59.6 Å². The molecule has 432 valence electrons. The highest BCUT2D eigenvalue weighted by molar-refractivity contribution is 5.38. The number of ether oxygens (including phenoxy) is 9. The molecule has 3 saturated heterocycles. The first-order valence-electron chi connectivity index (χ1n) is 28.7. The number of aryl methyl sites for hydroxylation is 6. The van der Waals surface area contributed by atoms with Gasteiger partial charge in [0.15, 0.2) is 17.2 Å². The van der Waals surface area contributed by atoms with Gasteiger partial charge in [-0.15, -0.1) is 0 Å². The van der Waals surface area contributed by atoms with E-state index in [9.17, 15) is 0 Å². The summed E-state index contributed by atoms with van der Waals surface area (Å²) in [5.41, 5.74) is 5.86. The Morgan fingerprint density at radius 2 is 0.617 bits per heavy atom. The number of pyridine rings is 3. The van der Waals surface area contributed by atoms with Crippen LogP contribution in [0.2, 0.25) is 0 Å². The normalized spacial score (nSPS) is 18.9. The fraction of sp³-hybridized carbons (Fsp3) is 0.550. The third-order valence-electron chi connectivity index (χ3n) is 15.3. The van der Waals surface area contributed by atoms with E-state index in [2.05, 4.69) is 80.3 Å². The number of fused-ring (bicyclic) bond motifs is 3. The highest BCUT2D eigenvalue weighted by atomic mass is 16.6. The molecular weight excluding hydrogens is 1030 g/mol. The molecular formula is C60H78N12O9. The minimum absolute atomic E-state index is 0.190. The van der Waals surface area contributed by atoms with Crippen molar-refractivity contribution in [3.05, 3.63) is 106 Å². The van der Waals surface area contributed by atoms with Crippen molar-refractivity contribution < 1.29 is 42.6 Å². The molecule has 0 aliphatic carbocycles. The molecule has 6 aromatic rings. The van der Waals surface area contributed by atoms with Crippen LogP contribution in [0.1, 0.15) is 129 Å². The van der Waals surface area contributed by atoms with Crippen LogP contribution in [0.3, 0.4) is 0 Å². The zero-order chi connectivity index (χ0) is 56.4. The second kappa shape index (κ2) is 26.6. The quantitative estimate of drug-likeness (QED) is 0.112. The molecule has 0 radical (unpaired) electrons. The summed E-state index contributed by atoms with van der Waals surface area (Å²) >= 11 is 0. The molecule has 3 atom stereocenters. The molecule has 0 N–H and O–H groups in total. The summed E-state index contributed by atoms with van der Waals surface area (Å²) in [5.74, 6) is 8.33. The first-order chi connectivity index (χ1) is 39.2. The lowest BCUT2D eigenvalue weighted by molar-refractivity contribution is 0.0749. The topological polar surface area (TPSA) is 209 Å². The molecule has 0 amide bonds. The van der Waals surface area contributed by atoms with E-state index >= 15 is 0 Å². The predicted octanol–water partition coefficient (Wildman–Crippen LogP) is 8.59. The molecule has 21 heteroatoms. The number of aromatic nitrogens is 9. The number of piperidine rings is 3. The summed E-state index contributed by atoms with van der Waals surface area (Å²) < 4.78 is 51.8. The molecule has 0 bridgehead atoms. The standard InChI is InChI=1S/3C20H26N4O3/c3*1-13-12-19(22-15(3)21-13)27-16-6-8-24(9-7-16)14(2)17-4-5-18-20(23-17)26-11-10-25-18/h3*4-5,12,14,16H,6-11H2,1-3H3. The van der Waals surface area contributed by atoms with Gasteiger partial charge in [-0.3, -0.25) is 14.7 Å². The van der Waals surface area contributed by atoms with Crippen LogP contribution < -0.4 is 42.6 Å². The van der Waals surface area contributed by atoms with E-state index in [1.165, 1.54) is 0 Å². The summed E-state index contributed by atoms with van der Waals surface area (Å²) in [5, 5.41) is 0. The summed E-state index contributed by atoms with van der Waals surface area (Å²) in [6.07, 6.45) is 6.39. The van der Waals surface area contributed by atoms with Gasteiger partial charge in [0, 0.05) is 92.7 Å². The van der Waals surface area contributed by atoms with Crippen molar-refractivity contribution >= 4 is 0 Å². The minimum Gasteiger partial charge on any atom is -0.484 e. The number of likely N-dealkylation sites (tertiary alicyclic amines) is 3. The Hall–Kier alpha value is -7.23. The van der Waals surface area contributed by atoms with Crippen molar-refractivity contribution in [2.75, 3.05) is 78.9 Å². The smallest absolute Gasteiger partial charge is 0.257 e. The second-order valence-corrected chi connectivity index (χ2v) is 21.5. The number of nitrogens with zero attached hydrogens (tertiary/aromatic N) is 12. The summed E-state index contributed by atoms with van der Waals surface area (Å²) in [6.45, 7) is 27.4. The molecule has 0 saturated carbocycles. The molecule has 3 unspecified atom stereocenters. The lowest BCUT2D eigenvalue weighted by Gasteiger charge is -2.35. The first-order valence-corrected chi connectivity index (χ1v) is 28.7. The maximum absolute atomic E-state index is 6.10. The van der Waals surface area contributed by atoms with Gasteiger partial charge in [0.25, 0.3) is 17.6 Å². The van der Waals surface area contributed by atoms with Crippen molar-refractivity contribution in [2.24, 2.45) is 0 Å². The Bertz CT molecular complexity index is 2680. The van der Waals surface area contributed by atoms with Crippen LogP contribution in [0.5, 0.6) is 52.5 Å². The molecule has 12 heterocycles. The molecule has 3 fully saturated rings. The van der Waals surface area contributed by atoms with Gasteiger partial charge in [0.1, 0.15) is 75.4 Å². The van der Waals surface area contributed by atoms with E-state index < -0.39 is 0 Å². The van der Waals surface area contributed by atoms with Gasteiger partial charge in [-0.25, -0.2) is 29.9 Å². The van der Waals surface area contributed by atoms with Gasteiger partial charge >= 0.3 is 0 Å². The Kier molecular flexibility index (Phi) is 18.7. The van der Waals surface area contributed by atoms with Crippen LogP contribution in [-0.4, -0.2) is 157 Å². The maximum Gasteiger partial charge on any atom is 0.257 e. The predicted molar refractivity (Wildman–Crippen MR) is 301 cm³/mol. The minimum atomic E-state index is 0.190. The zero-order valence-corrected chi connectivity index (χ0v) is 48.4. The molecule has 12 rings (SSSR count). The van der Waals surface area contributed by atoms with E-state index in [1.54, 1.807) is 0 Å². The number of rotatable bonds is 12.